The Bertz CT molecular complexity index is 1730. The molecule has 0 aliphatic heterocycles. The van der Waals surface area contributed by atoms with Gasteiger partial charge in [-0.2, -0.15) is 0 Å². The van der Waals surface area contributed by atoms with Crippen LogP contribution in [0.2, 0.25) is 0 Å². The number of pyridine rings is 2. The average Bonchev–Trinajstić information content (AvgIpc) is 2.94. The minimum atomic E-state index is 0.0675. The highest BCUT2D eigenvalue weighted by Crippen LogP contribution is 2.40. The van der Waals surface area contributed by atoms with Gasteiger partial charge in [-0.1, -0.05) is 48.5 Å². The predicted molar refractivity (Wildman–Crippen MR) is 146 cm³/mol. The number of phenols is 2. The van der Waals surface area contributed by atoms with Gasteiger partial charge in [0.25, 0.3) is 0 Å². The van der Waals surface area contributed by atoms with Gasteiger partial charge in [0, 0.05) is 10.8 Å². The maximum Gasteiger partial charge on any atom is 0.169 e. The van der Waals surface area contributed by atoms with E-state index in [1.807, 2.05) is 48.5 Å². The lowest BCUT2D eigenvalue weighted by Crippen LogP contribution is -2.08. The van der Waals surface area contributed by atoms with Gasteiger partial charge < -0.3 is 19.7 Å². The third-order valence-corrected chi connectivity index (χ3v) is 6.83. The van der Waals surface area contributed by atoms with Gasteiger partial charge in [0.15, 0.2) is 34.5 Å². The molecule has 1 aliphatic rings. The summed E-state index contributed by atoms with van der Waals surface area (Å²) in [5.41, 5.74) is 5.26. The molecule has 0 unspecified atom stereocenters. The summed E-state index contributed by atoms with van der Waals surface area (Å²) < 4.78 is 12.2. The zero-order valence-corrected chi connectivity index (χ0v) is 20.3. The first kappa shape index (κ1) is 22.1. The fraction of sp³-hybridized carbons (Fsp3) is 0.0625. The molecule has 6 nitrogen and oxygen atoms in total. The van der Waals surface area contributed by atoms with Crippen LogP contribution in [0, 0.1) is 0 Å². The molecule has 184 valence electrons. The van der Waals surface area contributed by atoms with Crippen molar-refractivity contribution in [3.63, 3.8) is 0 Å². The van der Waals surface area contributed by atoms with Gasteiger partial charge in [-0.15, -0.1) is 0 Å². The number of para-hydroxylation sites is 6. The van der Waals surface area contributed by atoms with Gasteiger partial charge in [0.05, 0.1) is 11.4 Å². The predicted octanol–water partition coefficient (Wildman–Crippen LogP) is 7.54. The molecular weight excluding hydrogens is 476 g/mol. The van der Waals surface area contributed by atoms with Crippen LogP contribution in [0.15, 0.2) is 97.1 Å². The molecule has 2 aromatic heterocycles. The number of rotatable bonds is 4. The molecule has 0 saturated heterocycles. The summed E-state index contributed by atoms with van der Waals surface area (Å²) in [6.45, 7) is 0. The van der Waals surface area contributed by atoms with Crippen LogP contribution >= 0.6 is 0 Å². The smallest absolute Gasteiger partial charge is 0.169 e. The minimum absolute atomic E-state index is 0.0675. The Balaban J connectivity index is 1.38. The van der Waals surface area contributed by atoms with Crippen molar-refractivity contribution in [2.75, 3.05) is 0 Å². The molecule has 0 atom stereocenters. The van der Waals surface area contributed by atoms with E-state index in [0.29, 0.717) is 34.0 Å². The third-order valence-electron chi connectivity index (χ3n) is 6.83. The van der Waals surface area contributed by atoms with E-state index in [1.165, 1.54) is 0 Å². The highest BCUT2D eigenvalue weighted by molar-refractivity contribution is 5.92. The number of phenolic OH excluding ortho intramolecular Hbond substituents is 2. The Morgan fingerprint density at radius 2 is 0.921 bits per heavy atom. The van der Waals surface area contributed by atoms with Crippen molar-refractivity contribution in [3.05, 3.63) is 108 Å². The molecule has 4 aromatic carbocycles. The number of aromatic nitrogens is 2. The second kappa shape index (κ2) is 8.78. The van der Waals surface area contributed by atoms with E-state index in [1.54, 1.807) is 36.4 Å². The highest BCUT2D eigenvalue weighted by Gasteiger charge is 2.23. The molecule has 0 fully saturated rings. The Morgan fingerprint density at radius 3 is 1.37 bits per heavy atom. The summed E-state index contributed by atoms with van der Waals surface area (Å²) in [5, 5.41) is 22.4. The molecule has 6 heteroatoms. The normalized spacial score (nSPS) is 12.2. The van der Waals surface area contributed by atoms with Gasteiger partial charge in [0.2, 0.25) is 0 Å². The van der Waals surface area contributed by atoms with Crippen LogP contribution in [0.1, 0.15) is 11.1 Å². The summed E-state index contributed by atoms with van der Waals surface area (Å²) in [6.07, 6.45) is 1.72. The summed E-state index contributed by atoms with van der Waals surface area (Å²) in [4.78, 5) is 10.1. The molecular formula is C32H22N2O4. The Labute approximate surface area is 218 Å². The second-order valence-corrected chi connectivity index (χ2v) is 9.29. The van der Waals surface area contributed by atoms with Crippen LogP contribution in [-0.4, -0.2) is 20.2 Å². The van der Waals surface area contributed by atoms with E-state index in [4.69, 9.17) is 19.4 Å². The molecule has 2 heterocycles. The zero-order valence-electron chi connectivity index (χ0n) is 20.3. The van der Waals surface area contributed by atoms with E-state index in [0.717, 1.165) is 46.1 Å². The van der Waals surface area contributed by atoms with Crippen LogP contribution in [0.5, 0.6) is 34.5 Å². The molecule has 1 aliphatic carbocycles. The highest BCUT2D eigenvalue weighted by atomic mass is 16.5. The molecule has 7 rings (SSSR count). The number of fused-ring (bicyclic) bond motifs is 5. The average molecular weight is 499 g/mol. The number of benzene rings is 4. The summed E-state index contributed by atoms with van der Waals surface area (Å²) in [6, 6.07) is 29.7. The van der Waals surface area contributed by atoms with E-state index in [9.17, 15) is 10.2 Å². The number of hydrogen-bond donors (Lipinski definition) is 2. The van der Waals surface area contributed by atoms with E-state index in [2.05, 4.69) is 12.1 Å². The maximum atomic E-state index is 10.2. The fourth-order valence-corrected chi connectivity index (χ4v) is 4.98. The van der Waals surface area contributed by atoms with Crippen molar-refractivity contribution in [3.8, 4) is 45.9 Å². The SMILES string of the molecule is Oc1ccccc1Oc1cccc2cc3c(nc12)-c1nc2c(Oc4ccccc4O)cccc2cc1CC3. The lowest BCUT2D eigenvalue weighted by molar-refractivity contribution is 0.413. The molecule has 0 amide bonds. The van der Waals surface area contributed by atoms with Gasteiger partial charge >= 0.3 is 0 Å². The Morgan fingerprint density at radius 1 is 0.500 bits per heavy atom. The van der Waals surface area contributed by atoms with E-state index < -0.39 is 0 Å². The van der Waals surface area contributed by atoms with Gasteiger partial charge in [-0.3, -0.25) is 0 Å². The number of aryl methyl sites for hydroxylation is 2. The monoisotopic (exact) mass is 498 g/mol. The van der Waals surface area contributed by atoms with Crippen molar-refractivity contribution < 1.29 is 19.7 Å². The Hall–Kier alpha value is -5.10. The minimum Gasteiger partial charge on any atom is -0.504 e. The Kier molecular flexibility index (Phi) is 5.11. The first-order valence-electron chi connectivity index (χ1n) is 12.4. The first-order chi connectivity index (χ1) is 18.6. The molecule has 2 N–H and O–H groups in total. The maximum absolute atomic E-state index is 10.2. The third kappa shape index (κ3) is 3.74. The van der Waals surface area contributed by atoms with Gasteiger partial charge in [-0.25, -0.2) is 9.97 Å². The van der Waals surface area contributed by atoms with E-state index in [-0.39, 0.29) is 11.5 Å². The quantitative estimate of drug-likeness (QED) is 0.261. The van der Waals surface area contributed by atoms with Crippen LogP contribution in [-0.2, 0) is 12.8 Å². The lowest BCUT2D eigenvalue weighted by Gasteiger charge is -2.21. The molecule has 0 radical (unpaired) electrons. The number of ether oxygens (including phenoxy) is 2. The molecule has 0 spiro atoms. The summed E-state index contributed by atoms with van der Waals surface area (Å²) >= 11 is 0. The number of aromatic hydroxyl groups is 2. The van der Waals surface area contributed by atoms with Gasteiger partial charge in [-0.05, 0) is 72.5 Å². The molecule has 0 bridgehead atoms. The van der Waals surface area contributed by atoms with Crippen LogP contribution in [0.4, 0.5) is 0 Å². The van der Waals surface area contributed by atoms with Crippen molar-refractivity contribution in [1.82, 2.24) is 9.97 Å². The topological polar surface area (TPSA) is 84.7 Å². The standard InChI is InChI=1S/C32H22N2O4/c35-23-9-1-3-11-25(23)37-27-13-5-7-19-17-21-15-16-22-18-20-8-6-14-28(38-26-12-4-2-10-24(26)36)30(20)34-32(22)31(21)33-29(19)27/h1-14,17-18,35-36H,15-16H2. The van der Waals surface area contributed by atoms with Gasteiger partial charge in [0.1, 0.15) is 11.0 Å². The zero-order chi connectivity index (χ0) is 25.6. The summed E-state index contributed by atoms with van der Waals surface area (Å²) in [5.74, 6) is 1.99. The summed E-state index contributed by atoms with van der Waals surface area (Å²) in [7, 11) is 0. The van der Waals surface area contributed by atoms with E-state index >= 15 is 0 Å². The molecule has 38 heavy (non-hydrogen) atoms. The van der Waals surface area contributed by atoms with Crippen LogP contribution < -0.4 is 9.47 Å². The fourth-order valence-electron chi connectivity index (χ4n) is 4.98. The lowest BCUT2D eigenvalue weighted by atomic mass is 9.90. The largest absolute Gasteiger partial charge is 0.504 e. The van der Waals surface area contributed by atoms with Crippen molar-refractivity contribution >= 4 is 21.8 Å². The van der Waals surface area contributed by atoms with Crippen LogP contribution in [0.25, 0.3) is 33.2 Å². The molecule has 6 aromatic rings. The number of hydrogen-bond acceptors (Lipinski definition) is 6. The first-order valence-corrected chi connectivity index (χ1v) is 12.4. The van der Waals surface area contributed by atoms with Crippen LogP contribution in [0.3, 0.4) is 0 Å². The van der Waals surface area contributed by atoms with Crippen molar-refractivity contribution in [2.45, 2.75) is 12.8 Å². The van der Waals surface area contributed by atoms with Crippen molar-refractivity contribution in [1.29, 1.82) is 0 Å². The second-order valence-electron chi connectivity index (χ2n) is 9.29. The molecule has 0 saturated carbocycles. The van der Waals surface area contributed by atoms with Crippen molar-refractivity contribution in [2.24, 2.45) is 0 Å². The number of nitrogens with zero attached hydrogens (tertiary/aromatic N) is 2.